The summed E-state index contributed by atoms with van der Waals surface area (Å²) in [4.78, 5) is 23.2. The molecule has 1 amide bonds. The molecule has 0 aliphatic carbocycles. The van der Waals surface area contributed by atoms with Crippen molar-refractivity contribution in [2.75, 3.05) is 6.54 Å². The van der Waals surface area contributed by atoms with E-state index in [1.165, 1.54) is 11.8 Å². The van der Waals surface area contributed by atoms with Crippen LogP contribution in [0.2, 0.25) is 0 Å². The Balaban J connectivity index is 2.77. The molecular weight excluding hydrogens is 170 g/mol. The van der Waals surface area contributed by atoms with Crippen molar-refractivity contribution in [3.8, 4) is 0 Å². The quantitative estimate of drug-likeness (QED) is 0.607. The molecule has 1 atom stereocenters. The van der Waals surface area contributed by atoms with Crippen molar-refractivity contribution in [2.45, 2.75) is 25.8 Å². The van der Waals surface area contributed by atoms with E-state index < -0.39 is 12.0 Å². The van der Waals surface area contributed by atoms with E-state index >= 15 is 0 Å². The molecule has 1 unspecified atom stereocenters. The van der Waals surface area contributed by atoms with Gasteiger partial charge in [0.1, 0.15) is 6.04 Å². The summed E-state index contributed by atoms with van der Waals surface area (Å²) in [7, 11) is 0. The van der Waals surface area contributed by atoms with Crippen LogP contribution in [0.15, 0.2) is 12.2 Å². The first-order valence-corrected chi connectivity index (χ1v) is 4.19. The zero-order valence-electron chi connectivity index (χ0n) is 7.62. The van der Waals surface area contributed by atoms with E-state index in [9.17, 15) is 9.59 Å². The molecule has 0 bridgehead atoms. The molecule has 1 aliphatic heterocycles. The van der Waals surface area contributed by atoms with Gasteiger partial charge in [0.15, 0.2) is 0 Å². The van der Waals surface area contributed by atoms with Crippen LogP contribution in [-0.2, 0) is 9.59 Å². The average Bonchev–Trinajstić information content (AvgIpc) is 2.03. The Morgan fingerprint density at radius 3 is 2.69 bits per heavy atom. The predicted molar refractivity (Wildman–Crippen MR) is 47.2 cm³/mol. The molecule has 0 saturated carbocycles. The maximum Gasteiger partial charge on any atom is 0.326 e. The number of carbonyl (C=O) groups is 2. The summed E-state index contributed by atoms with van der Waals surface area (Å²) in [6.07, 6.45) is 1.10. The van der Waals surface area contributed by atoms with Crippen molar-refractivity contribution in [1.82, 2.24) is 4.90 Å². The number of piperidine rings is 1. The van der Waals surface area contributed by atoms with Gasteiger partial charge in [-0.2, -0.15) is 0 Å². The van der Waals surface area contributed by atoms with Crippen molar-refractivity contribution in [3.05, 3.63) is 12.2 Å². The summed E-state index contributed by atoms with van der Waals surface area (Å²) in [6, 6.07) is -0.709. The number of carboxylic acids is 1. The molecule has 0 aromatic carbocycles. The standard InChI is InChI=1S/C9H13NO3/c1-6-3-4-10(7(2)11)8(5-6)9(12)13/h8H,1,3-5H2,2H3,(H,12,13). The molecule has 0 aromatic rings. The van der Waals surface area contributed by atoms with E-state index in [-0.39, 0.29) is 5.91 Å². The minimum absolute atomic E-state index is 0.181. The van der Waals surface area contributed by atoms with Crippen LogP contribution in [0.1, 0.15) is 19.8 Å². The normalized spacial score (nSPS) is 23.0. The Bertz CT molecular complexity index is 260. The summed E-state index contributed by atoms with van der Waals surface area (Å²) in [5.74, 6) is -1.13. The molecule has 13 heavy (non-hydrogen) atoms. The highest BCUT2D eigenvalue weighted by Gasteiger charge is 2.31. The highest BCUT2D eigenvalue weighted by molar-refractivity contribution is 5.82. The van der Waals surface area contributed by atoms with E-state index in [2.05, 4.69) is 6.58 Å². The maximum absolute atomic E-state index is 11.1. The van der Waals surface area contributed by atoms with Gasteiger partial charge in [0, 0.05) is 13.5 Å². The molecule has 0 radical (unpaired) electrons. The van der Waals surface area contributed by atoms with Crippen LogP contribution in [0.5, 0.6) is 0 Å². The van der Waals surface area contributed by atoms with E-state index in [0.29, 0.717) is 19.4 Å². The fourth-order valence-corrected chi connectivity index (χ4v) is 1.52. The molecule has 4 heteroatoms. The van der Waals surface area contributed by atoms with Gasteiger partial charge < -0.3 is 10.0 Å². The number of hydrogen-bond acceptors (Lipinski definition) is 2. The second-order valence-corrected chi connectivity index (χ2v) is 3.27. The number of nitrogens with zero attached hydrogens (tertiary/aromatic N) is 1. The van der Waals surface area contributed by atoms with Crippen LogP contribution >= 0.6 is 0 Å². The topological polar surface area (TPSA) is 57.6 Å². The van der Waals surface area contributed by atoms with Gasteiger partial charge in [-0.05, 0) is 12.8 Å². The van der Waals surface area contributed by atoms with Crippen molar-refractivity contribution >= 4 is 11.9 Å². The Hall–Kier alpha value is -1.32. The largest absolute Gasteiger partial charge is 0.480 e. The Morgan fingerprint density at radius 1 is 1.62 bits per heavy atom. The summed E-state index contributed by atoms with van der Waals surface area (Å²) >= 11 is 0. The maximum atomic E-state index is 11.1. The van der Waals surface area contributed by atoms with Gasteiger partial charge in [-0.25, -0.2) is 4.79 Å². The first kappa shape index (κ1) is 9.77. The lowest BCUT2D eigenvalue weighted by Crippen LogP contribution is -2.47. The molecule has 1 heterocycles. The van der Waals surface area contributed by atoms with Crippen molar-refractivity contribution in [2.24, 2.45) is 0 Å². The van der Waals surface area contributed by atoms with Crippen LogP contribution in [0, 0.1) is 0 Å². The van der Waals surface area contributed by atoms with E-state index in [4.69, 9.17) is 5.11 Å². The fourth-order valence-electron chi connectivity index (χ4n) is 1.52. The second kappa shape index (κ2) is 3.60. The lowest BCUT2D eigenvalue weighted by atomic mass is 9.98. The van der Waals surface area contributed by atoms with Gasteiger partial charge in [0.05, 0.1) is 0 Å². The number of carboxylic acid groups (broad SMARTS) is 1. The van der Waals surface area contributed by atoms with E-state index in [0.717, 1.165) is 5.57 Å². The third kappa shape index (κ3) is 2.08. The van der Waals surface area contributed by atoms with E-state index in [1.807, 2.05) is 0 Å². The molecule has 72 valence electrons. The summed E-state index contributed by atoms with van der Waals surface area (Å²) in [5.41, 5.74) is 0.907. The van der Waals surface area contributed by atoms with Crippen molar-refractivity contribution in [3.63, 3.8) is 0 Å². The molecule has 1 fully saturated rings. The number of hydrogen-bond donors (Lipinski definition) is 1. The van der Waals surface area contributed by atoms with Gasteiger partial charge in [0.2, 0.25) is 5.91 Å². The SMILES string of the molecule is C=C1CCN(C(C)=O)C(C(=O)O)C1. The summed E-state index contributed by atoms with van der Waals surface area (Å²) in [6.45, 7) is 5.61. The number of rotatable bonds is 1. The minimum atomic E-state index is -0.948. The highest BCUT2D eigenvalue weighted by atomic mass is 16.4. The van der Waals surface area contributed by atoms with Gasteiger partial charge >= 0.3 is 5.97 Å². The average molecular weight is 183 g/mol. The number of carbonyl (C=O) groups excluding carboxylic acids is 1. The number of amides is 1. The number of aliphatic carboxylic acids is 1. The molecule has 0 aromatic heterocycles. The molecular formula is C9H13NO3. The minimum Gasteiger partial charge on any atom is -0.480 e. The smallest absolute Gasteiger partial charge is 0.326 e. The number of likely N-dealkylation sites (tertiary alicyclic amines) is 1. The van der Waals surface area contributed by atoms with Gasteiger partial charge in [-0.15, -0.1) is 0 Å². The van der Waals surface area contributed by atoms with Gasteiger partial charge in [-0.1, -0.05) is 12.2 Å². The Labute approximate surface area is 76.8 Å². The van der Waals surface area contributed by atoms with Crippen LogP contribution in [0.4, 0.5) is 0 Å². The second-order valence-electron chi connectivity index (χ2n) is 3.27. The van der Waals surface area contributed by atoms with Gasteiger partial charge in [-0.3, -0.25) is 4.79 Å². The first-order chi connectivity index (χ1) is 6.02. The van der Waals surface area contributed by atoms with Crippen LogP contribution in [0.25, 0.3) is 0 Å². The zero-order chi connectivity index (χ0) is 10.0. The van der Waals surface area contributed by atoms with E-state index in [1.54, 1.807) is 0 Å². The summed E-state index contributed by atoms with van der Waals surface area (Å²) in [5, 5.41) is 8.84. The Morgan fingerprint density at radius 2 is 2.23 bits per heavy atom. The van der Waals surface area contributed by atoms with Crippen LogP contribution in [0.3, 0.4) is 0 Å². The zero-order valence-corrected chi connectivity index (χ0v) is 7.62. The molecule has 1 saturated heterocycles. The lowest BCUT2D eigenvalue weighted by Gasteiger charge is -2.33. The predicted octanol–water partition coefficient (Wildman–Crippen LogP) is 0.638. The highest BCUT2D eigenvalue weighted by Crippen LogP contribution is 2.20. The fraction of sp³-hybridized carbons (Fsp3) is 0.556. The molecule has 1 rings (SSSR count). The van der Waals surface area contributed by atoms with Crippen molar-refractivity contribution < 1.29 is 14.7 Å². The first-order valence-electron chi connectivity index (χ1n) is 4.19. The lowest BCUT2D eigenvalue weighted by molar-refractivity contribution is -0.150. The summed E-state index contributed by atoms with van der Waals surface area (Å²) < 4.78 is 0. The molecule has 1 aliphatic rings. The van der Waals surface area contributed by atoms with Crippen molar-refractivity contribution in [1.29, 1.82) is 0 Å². The molecule has 0 spiro atoms. The van der Waals surface area contributed by atoms with Crippen LogP contribution < -0.4 is 0 Å². The Kier molecular flexibility index (Phi) is 2.70. The molecule has 4 nitrogen and oxygen atoms in total. The monoisotopic (exact) mass is 183 g/mol. The van der Waals surface area contributed by atoms with Gasteiger partial charge in [0.25, 0.3) is 0 Å². The molecule has 1 N–H and O–H groups in total. The third-order valence-electron chi connectivity index (χ3n) is 2.25. The third-order valence-corrected chi connectivity index (χ3v) is 2.25. The van der Waals surface area contributed by atoms with Crippen LogP contribution in [-0.4, -0.2) is 34.5 Å².